The van der Waals surface area contributed by atoms with Crippen LogP contribution in [0.4, 0.5) is 19.0 Å². The van der Waals surface area contributed by atoms with E-state index >= 15 is 0 Å². The molecule has 1 heterocycles. The molecule has 2 nitrogen and oxygen atoms in total. The van der Waals surface area contributed by atoms with Crippen LogP contribution in [-0.4, -0.2) is 17.3 Å². The maximum atomic E-state index is 12.7. The standard InChI is InChI=1S/C12H15F3N2S/c1-3-5-16-10-7-9(12(13,14)15)8-11(17-10)18-6-4-2/h4,7-8H,2-3,5-6H2,1H3,(H,16,17). The van der Waals surface area contributed by atoms with Gasteiger partial charge in [0, 0.05) is 12.3 Å². The van der Waals surface area contributed by atoms with E-state index in [0.29, 0.717) is 17.3 Å². The van der Waals surface area contributed by atoms with Crippen molar-refractivity contribution in [3.05, 3.63) is 30.4 Å². The van der Waals surface area contributed by atoms with Crippen molar-refractivity contribution in [2.45, 2.75) is 24.5 Å². The number of thioether (sulfide) groups is 1. The van der Waals surface area contributed by atoms with Gasteiger partial charge >= 0.3 is 6.18 Å². The Hall–Kier alpha value is -1.17. The van der Waals surface area contributed by atoms with Gasteiger partial charge in [-0.3, -0.25) is 0 Å². The first kappa shape index (κ1) is 14.9. The maximum absolute atomic E-state index is 12.7. The predicted molar refractivity (Wildman–Crippen MR) is 68.9 cm³/mol. The number of halogens is 3. The molecule has 0 aliphatic rings. The van der Waals surface area contributed by atoms with Gasteiger partial charge in [-0.05, 0) is 18.6 Å². The summed E-state index contributed by atoms with van der Waals surface area (Å²) >= 11 is 1.23. The highest BCUT2D eigenvalue weighted by Crippen LogP contribution is 2.33. The van der Waals surface area contributed by atoms with Crippen molar-refractivity contribution in [3.8, 4) is 0 Å². The highest BCUT2D eigenvalue weighted by Gasteiger charge is 2.31. The normalized spacial score (nSPS) is 11.3. The summed E-state index contributed by atoms with van der Waals surface area (Å²) < 4.78 is 38.1. The Kier molecular flexibility index (Phi) is 5.53. The summed E-state index contributed by atoms with van der Waals surface area (Å²) in [5.74, 6) is 0.792. The Morgan fingerprint density at radius 2 is 2.17 bits per heavy atom. The van der Waals surface area contributed by atoms with E-state index in [2.05, 4.69) is 16.9 Å². The second-order valence-electron chi connectivity index (χ2n) is 3.60. The molecule has 1 aromatic heterocycles. The van der Waals surface area contributed by atoms with E-state index in [1.807, 2.05) is 6.92 Å². The monoisotopic (exact) mass is 276 g/mol. The number of hydrogen-bond donors (Lipinski definition) is 1. The topological polar surface area (TPSA) is 24.9 Å². The van der Waals surface area contributed by atoms with Crippen molar-refractivity contribution in [1.82, 2.24) is 4.98 Å². The second-order valence-corrected chi connectivity index (χ2v) is 4.64. The van der Waals surface area contributed by atoms with Gasteiger partial charge in [-0.15, -0.1) is 18.3 Å². The molecule has 1 aromatic rings. The Balaban J connectivity index is 2.99. The second kappa shape index (κ2) is 6.68. The van der Waals surface area contributed by atoms with Gasteiger partial charge in [-0.2, -0.15) is 13.2 Å². The third-order valence-corrected chi connectivity index (χ3v) is 2.94. The van der Waals surface area contributed by atoms with Crippen molar-refractivity contribution in [2.75, 3.05) is 17.6 Å². The molecule has 18 heavy (non-hydrogen) atoms. The van der Waals surface area contributed by atoms with Gasteiger partial charge in [0.2, 0.25) is 0 Å². The summed E-state index contributed by atoms with van der Waals surface area (Å²) in [5, 5.41) is 3.22. The molecule has 0 aromatic carbocycles. The summed E-state index contributed by atoms with van der Waals surface area (Å²) in [5.41, 5.74) is -0.678. The van der Waals surface area contributed by atoms with Gasteiger partial charge in [-0.25, -0.2) is 4.98 Å². The molecule has 0 atom stereocenters. The minimum atomic E-state index is -4.35. The SMILES string of the molecule is C=CCSc1cc(C(F)(F)F)cc(NCCC)n1. The number of rotatable bonds is 6. The van der Waals surface area contributed by atoms with Crippen LogP contribution in [0.25, 0.3) is 0 Å². The molecular formula is C12H15F3N2S. The van der Waals surface area contributed by atoms with E-state index in [4.69, 9.17) is 0 Å². The minimum absolute atomic E-state index is 0.262. The lowest BCUT2D eigenvalue weighted by Crippen LogP contribution is -2.09. The maximum Gasteiger partial charge on any atom is 0.416 e. The van der Waals surface area contributed by atoms with Crippen molar-refractivity contribution < 1.29 is 13.2 Å². The van der Waals surface area contributed by atoms with E-state index in [1.165, 1.54) is 11.8 Å². The molecule has 0 saturated heterocycles. The fourth-order valence-corrected chi connectivity index (χ4v) is 1.89. The van der Waals surface area contributed by atoms with E-state index in [9.17, 15) is 13.2 Å². The van der Waals surface area contributed by atoms with Gasteiger partial charge in [-0.1, -0.05) is 13.0 Å². The van der Waals surface area contributed by atoms with Crippen LogP contribution in [0.5, 0.6) is 0 Å². The van der Waals surface area contributed by atoms with Gasteiger partial charge in [0.1, 0.15) is 5.82 Å². The Morgan fingerprint density at radius 1 is 1.44 bits per heavy atom. The fraction of sp³-hybridized carbons (Fsp3) is 0.417. The quantitative estimate of drug-likeness (QED) is 0.622. The van der Waals surface area contributed by atoms with Crippen LogP contribution < -0.4 is 5.32 Å². The first-order chi connectivity index (χ1) is 8.47. The molecule has 1 N–H and O–H groups in total. The first-order valence-corrected chi connectivity index (χ1v) is 6.52. The van der Waals surface area contributed by atoms with Crippen molar-refractivity contribution in [2.24, 2.45) is 0 Å². The third kappa shape index (κ3) is 4.60. The lowest BCUT2D eigenvalue weighted by Gasteiger charge is -2.11. The number of alkyl halides is 3. The Bertz CT molecular complexity index is 405. The van der Waals surface area contributed by atoms with Crippen LogP contribution in [0.15, 0.2) is 29.8 Å². The number of nitrogens with zero attached hydrogens (tertiary/aromatic N) is 1. The zero-order valence-electron chi connectivity index (χ0n) is 10.0. The molecule has 6 heteroatoms. The molecule has 0 fully saturated rings. The first-order valence-electron chi connectivity index (χ1n) is 5.54. The average Bonchev–Trinajstić information content (AvgIpc) is 2.32. The largest absolute Gasteiger partial charge is 0.416 e. The molecule has 0 unspecified atom stereocenters. The van der Waals surface area contributed by atoms with Crippen LogP contribution >= 0.6 is 11.8 Å². The summed E-state index contributed by atoms with van der Waals surface area (Å²) in [4.78, 5) is 4.13. The van der Waals surface area contributed by atoms with E-state index < -0.39 is 11.7 Å². The number of pyridine rings is 1. The Morgan fingerprint density at radius 3 is 2.72 bits per heavy atom. The minimum Gasteiger partial charge on any atom is -0.370 e. The smallest absolute Gasteiger partial charge is 0.370 e. The summed E-state index contributed by atoms with van der Waals surface area (Å²) in [7, 11) is 0. The van der Waals surface area contributed by atoms with Gasteiger partial charge in [0.15, 0.2) is 0 Å². The molecule has 0 spiro atoms. The third-order valence-electron chi connectivity index (χ3n) is 2.03. The molecule has 100 valence electrons. The summed E-state index contributed by atoms with van der Waals surface area (Å²) in [6.07, 6.45) is -1.89. The van der Waals surface area contributed by atoms with Gasteiger partial charge in [0.05, 0.1) is 10.6 Å². The molecule has 0 amide bonds. The number of hydrogen-bond acceptors (Lipinski definition) is 3. The number of nitrogens with one attached hydrogen (secondary N) is 1. The van der Waals surface area contributed by atoms with Crippen molar-refractivity contribution in [1.29, 1.82) is 0 Å². The lowest BCUT2D eigenvalue weighted by molar-refractivity contribution is -0.137. The molecular weight excluding hydrogens is 261 g/mol. The van der Waals surface area contributed by atoms with Gasteiger partial charge < -0.3 is 5.32 Å². The summed E-state index contributed by atoms with van der Waals surface area (Å²) in [6.45, 7) is 6.07. The van der Waals surface area contributed by atoms with Crippen molar-refractivity contribution in [3.63, 3.8) is 0 Å². The van der Waals surface area contributed by atoms with E-state index in [1.54, 1.807) is 6.08 Å². The van der Waals surface area contributed by atoms with E-state index in [-0.39, 0.29) is 5.82 Å². The Labute approximate surface area is 109 Å². The summed E-state index contributed by atoms with van der Waals surface area (Å²) in [6, 6.07) is 2.10. The molecule has 0 saturated carbocycles. The fourth-order valence-electron chi connectivity index (χ4n) is 1.23. The van der Waals surface area contributed by atoms with Crippen molar-refractivity contribution >= 4 is 17.6 Å². The zero-order valence-corrected chi connectivity index (χ0v) is 10.9. The van der Waals surface area contributed by atoms with Crippen LogP contribution in [0.3, 0.4) is 0 Å². The zero-order chi connectivity index (χ0) is 13.6. The lowest BCUT2D eigenvalue weighted by atomic mass is 10.2. The van der Waals surface area contributed by atoms with Crippen LogP contribution in [0.1, 0.15) is 18.9 Å². The number of aromatic nitrogens is 1. The molecule has 0 radical (unpaired) electrons. The van der Waals surface area contributed by atoms with Crippen LogP contribution in [0.2, 0.25) is 0 Å². The van der Waals surface area contributed by atoms with Gasteiger partial charge in [0.25, 0.3) is 0 Å². The number of anilines is 1. The average molecular weight is 276 g/mol. The van der Waals surface area contributed by atoms with Crippen LogP contribution in [0, 0.1) is 0 Å². The molecule has 0 aliphatic carbocycles. The highest BCUT2D eigenvalue weighted by atomic mass is 32.2. The van der Waals surface area contributed by atoms with Crippen LogP contribution in [-0.2, 0) is 6.18 Å². The van der Waals surface area contributed by atoms with E-state index in [0.717, 1.165) is 18.6 Å². The predicted octanol–water partition coefficient (Wildman–Crippen LogP) is 4.20. The highest BCUT2D eigenvalue weighted by molar-refractivity contribution is 7.99. The molecule has 1 rings (SSSR count). The molecule has 0 bridgehead atoms. The molecule has 0 aliphatic heterocycles.